The third-order valence-electron chi connectivity index (χ3n) is 5.03. The van der Waals surface area contributed by atoms with Gasteiger partial charge in [0.05, 0.1) is 16.6 Å². The molecule has 0 spiro atoms. The first kappa shape index (κ1) is 18.0. The normalized spacial score (nSPS) is 19.7. The summed E-state index contributed by atoms with van der Waals surface area (Å²) in [6, 6.07) is 7.36. The van der Waals surface area contributed by atoms with Gasteiger partial charge in [-0.1, -0.05) is 19.1 Å². The van der Waals surface area contributed by atoms with Gasteiger partial charge in [0.1, 0.15) is 5.75 Å². The summed E-state index contributed by atoms with van der Waals surface area (Å²) in [5, 5.41) is 0. The molecule has 1 aliphatic rings. The van der Waals surface area contributed by atoms with Crippen LogP contribution in [0, 0.1) is 5.41 Å². The van der Waals surface area contributed by atoms with Gasteiger partial charge in [0.25, 0.3) is 0 Å². The fourth-order valence-corrected chi connectivity index (χ4v) is 2.09. The Kier molecular flexibility index (Phi) is 4.66. The van der Waals surface area contributed by atoms with Crippen LogP contribution in [0.15, 0.2) is 24.3 Å². The van der Waals surface area contributed by atoms with E-state index < -0.39 is 23.7 Å². The molecule has 0 bridgehead atoms. The van der Waals surface area contributed by atoms with Crippen molar-refractivity contribution >= 4 is 18.6 Å². The van der Waals surface area contributed by atoms with E-state index in [2.05, 4.69) is 0 Å². The first-order valence-electron chi connectivity index (χ1n) is 8.16. The average molecular weight is 318 g/mol. The molecule has 1 saturated heterocycles. The van der Waals surface area contributed by atoms with Crippen molar-refractivity contribution in [3.8, 4) is 5.75 Å². The lowest BCUT2D eigenvalue weighted by Gasteiger charge is -2.32. The number of hydrogen-bond donors (Lipinski definition) is 0. The van der Waals surface area contributed by atoms with Gasteiger partial charge in [0.15, 0.2) is 0 Å². The molecule has 0 radical (unpaired) electrons. The lowest BCUT2D eigenvalue weighted by Crippen LogP contribution is -2.41. The van der Waals surface area contributed by atoms with Crippen LogP contribution in [0.4, 0.5) is 0 Å². The molecule has 2 rings (SSSR count). The second kappa shape index (κ2) is 5.95. The zero-order valence-corrected chi connectivity index (χ0v) is 15.2. The minimum atomic E-state index is -0.500. The monoisotopic (exact) mass is 318 g/mol. The van der Waals surface area contributed by atoms with Gasteiger partial charge in [-0.2, -0.15) is 0 Å². The molecule has 0 aliphatic carbocycles. The van der Waals surface area contributed by atoms with E-state index >= 15 is 0 Å². The van der Waals surface area contributed by atoms with Gasteiger partial charge in [-0.3, -0.25) is 4.79 Å². The van der Waals surface area contributed by atoms with E-state index in [1.54, 1.807) is 6.07 Å². The molecule has 1 heterocycles. The fourth-order valence-electron chi connectivity index (χ4n) is 2.09. The Bertz CT molecular complexity index is 576. The average Bonchev–Trinajstić information content (AvgIpc) is 2.68. The molecular formula is C18H27BO4. The molecule has 1 aromatic rings. The summed E-state index contributed by atoms with van der Waals surface area (Å²) >= 11 is 0. The smallest absolute Gasteiger partial charge is 0.426 e. The number of ether oxygens (including phenoxy) is 1. The van der Waals surface area contributed by atoms with Crippen molar-refractivity contribution in [3.05, 3.63) is 24.3 Å². The number of esters is 1. The summed E-state index contributed by atoms with van der Waals surface area (Å²) < 4.78 is 17.6. The van der Waals surface area contributed by atoms with Crippen molar-refractivity contribution in [2.24, 2.45) is 5.41 Å². The van der Waals surface area contributed by atoms with Gasteiger partial charge >= 0.3 is 13.1 Å². The maximum atomic E-state index is 12.2. The fraction of sp³-hybridized carbons (Fsp3) is 0.611. The van der Waals surface area contributed by atoms with E-state index in [1.165, 1.54) is 0 Å². The number of hydrogen-bond acceptors (Lipinski definition) is 4. The van der Waals surface area contributed by atoms with Gasteiger partial charge in [-0.15, -0.1) is 0 Å². The van der Waals surface area contributed by atoms with E-state index in [0.717, 1.165) is 11.9 Å². The first-order chi connectivity index (χ1) is 10.5. The van der Waals surface area contributed by atoms with Crippen LogP contribution in [-0.2, 0) is 14.1 Å². The topological polar surface area (TPSA) is 44.8 Å². The molecule has 0 unspecified atom stereocenters. The van der Waals surface area contributed by atoms with Crippen LogP contribution in [0.3, 0.4) is 0 Å². The maximum Gasteiger partial charge on any atom is 0.494 e. The molecule has 0 N–H and O–H groups in total. The van der Waals surface area contributed by atoms with Gasteiger partial charge in [-0.05, 0) is 65.6 Å². The van der Waals surface area contributed by atoms with Gasteiger partial charge in [0.2, 0.25) is 0 Å². The minimum absolute atomic E-state index is 0.230. The van der Waals surface area contributed by atoms with Crippen LogP contribution in [0.1, 0.15) is 54.9 Å². The van der Waals surface area contributed by atoms with E-state index in [4.69, 9.17) is 14.0 Å². The van der Waals surface area contributed by atoms with Crippen molar-refractivity contribution in [1.82, 2.24) is 0 Å². The highest BCUT2D eigenvalue weighted by Gasteiger charge is 2.51. The van der Waals surface area contributed by atoms with Crippen LogP contribution in [0.5, 0.6) is 5.75 Å². The summed E-state index contributed by atoms with van der Waals surface area (Å²) in [6.07, 6.45) is 0.725. The van der Waals surface area contributed by atoms with Crippen molar-refractivity contribution < 1.29 is 18.8 Å². The molecule has 0 amide bonds. The number of rotatable bonds is 4. The van der Waals surface area contributed by atoms with Crippen molar-refractivity contribution in [3.63, 3.8) is 0 Å². The Morgan fingerprint density at radius 2 is 1.74 bits per heavy atom. The van der Waals surface area contributed by atoms with Crippen molar-refractivity contribution in [2.45, 2.75) is 66.1 Å². The number of carbonyl (C=O) groups is 1. The van der Waals surface area contributed by atoms with E-state index in [0.29, 0.717) is 5.75 Å². The molecule has 0 saturated carbocycles. The molecule has 4 nitrogen and oxygen atoms in total. The molecule has 5 heteroatoms. The van der Waals surface area contributed by atoms with Crippen LogP contribution >= 0.6 is 0 Å². The molecule has 1 aromatic carbocycles. The van der Waals surface area contributed by atoms with E-state index in [1.807, 2.05) is 66.7 Å². The van der Waals surface area contributed by atoms with Gasteiger partial charge in [0, 0.05) is 0 Å². The van der Waals surface area contributed by atoms with Crippen LogP contribution in [0.25, 0.3) is 0 Å². The van der Waals surface area contributed by atoms with Crippen molar-refractivity contribution in [2.75, 3.05) is 0 Å². The molecule has 0 aromatic heterocycles. The lowest BCUT2D eigenvalue weighted by molar-refractivity contribution is -0.144. The largest absolute Gasteiger partial charge is 0.494 e. The molecular weight excluding hydrogens is 291 g/mol. The molecule has 1 fully saturated rings. The first-order valence-corrected chi connectivity index (χ1v) is 8.16. The Labute approximate surface area is 139 Å². The predicted octanol–water partition coefficient (Wildman–Crippen LogP) is 3.33. The zero-order valence-electron chi connectivity index (χ0n) is 15.2. The third kappa shape index (κ3) is 3.61. The minimum Gasteiger partial charge on any atom is -0.426 e. The summed E-state index contributed by atoms with van der Waals surface area (Å²) in [5.74, 6) is 0.287. The highest BCUT2D eigenvalue weighted by atomic mass is 16.7. The number of benzene rings is 1. The van der Waals surface area contributed by atoms with Crippen LogP contribution in [0.2, 0.25) is 0 Å². The second-order valence-electron chi connectivity index (χ2n) is 7.79. The Morgan fingerprint density at radius 3 is 2.26 bits per heavy atom. The van der Waals surface area contributed by atoms with E-state index in [-0.39, 0.29) is 5.97 Å². The summed E-state index contributed by atoms with van der Waals surface area (Å²) in [4.78, 5) is 12.2. The summed E-state index contributed by atoms with van der Waals surface area (Å²) in [5.41, 5.74) is -0.438. The highest BCUT2D eigenvalue weighted by molar-refractivity contribution is 6.62. The summed E-state index contributed by atoms with van der Waals surface area (Å²) in [7, 11) is -0.460. The summed E-state index contributed by atoms with van der Waals surface area (Å²) in [6.45, 7) is 13.8. The van der Waals surface area contributed by atoms with Crippen molar-refractivity contribution in [1.29, 1.82) is 0 Å². The Balaban J connectivity index is 2.17. The Morgan fingerprint density at radius 1 is 1.17 bits per heavy atom. The molecule has 0 atom stereocenters. The third-order valence-corrected chi connectivity index (χ3v) is 5.03. The van der Waals surface area contributed by atoms with Gasteiger partial charge < -0.3 is 14.0 Å². The molecule has 1 aliphatic heterocycles. The highest BCUT2D eigenvalue weighted by Crippen LogP contribution is 2.36. The molecule has 126 valence electrons. The lowest BCUT2D eigenvalue weighted by atomic mass is 9.79. The quantitative estimate of drug-likeness (QED) is 0.485. The predicted molar refractivity (Wildman–Crippen MR) is 91.9 cm³/mol. The van der Waals surface area contributed by atoms with Crippen LogP contribution in [-0.4, -0.2) is 24.3 Å². The maximum absolute atomic E-state index is 12.2. The Hall–Kier alpha value is -1.33. The number of carbonyl (C=O) groups excluding carboxylic acids is 1. The van der Waals surface area contributed by atoms with Crippen LogP contribution < -0.4 is 10.2 Å². The standard InChI is InChI=1S/C18H27BO4/c1-8-16(2,3)15(20)21-14-11-9-10-13(12-14)19-22-17(4,5)18(6,7)23-19/h9-12H,8H2,1-7H3. The second-order valence-corrected chi connectivity index (χ2v) is 7.79. The SMILES string of the molecule is CCC(C)(C)C(=O)Oc1cccc(B2OC(C)(C)C(C)(C)O2)c1. The van der Waals surface area contributed by atoms with E-state index in [9.17, 15) is 4.79 Å². The molecule has 23 heavy (non-hydrogen) atoms. The zero-order chi connectivity index (χ0) is 17.5. The van der Waals surface area contributed by atoms with Gasteiger partial charge in [-0.25, -0.2) is 0 Å².